The fraction of sp³-hybridized carbons (Fsp3) is 0.581. The van der Waals surface area contributed by atoms with Gasteiger partial charge in [0, 0.05) is 0 Å². The van der Waals surface area contributed by atoms with Gasteiger partial charge in [-0.15, -0.1) is 11.7 Å². The number of esters is 1. The number of nitrogens with zero attached hydrogens (tertiary/aromatic N) is 3. The maximum atomic E-state index is 13.6. The molecule has 1 aromatic carbocycles. The molecule has 2 fully saturated rings. The van der Waals surface area contributed by atoms with Crippen molar-refractivity contribution in [2.45, 2.75) is 85.8 Å². The third-order valence-electron chi connectivity index (χ3n) is 9.70. The van der Waals surface area contributed by atoms with Crippen LogP contribution in [0.1, 0.15) is 82.5 Å². The number of rotatable bonds is 6. The number of benzene rings is 1. The summed E-state index contributed by atoms with van der Waals surface area (Å²) in [4.78, 5) is 13.6. The van der Waals surface area contributed by atoms with Gasteiger partial charge in [0.05, 0.1) is 18.2 Å². The molecule has 2 saturated carbocycles. The van der Waals surface area contributed by atoms with E-state index in [1.807, 2.05) is 6.20 Å². The minimum absolute atomic E-state index is 0.0719. The Morgan fingerprint density at radius 3 is 2.72 bits per heavy atom. The molecule has 0 aliphatic heterocycles. The van der Waals surface area contributed by atoms with Crippen molar-refractivity contribution < 1.29 is 9.53 Å². The van der Waals surface area contributed by atoms with Crippen LogP contribution < -0.4 is 0 Å². The molecule has 2 aromatic rings. The Bertz CT molecular complexity index is 1160. The second-order valence-corrected chi connectivity index (χ2v) is 12.4. The molecule has 5 atom stereocenters. The summed E-state index contributed by atoms with van der Waals surface area (Å²) in [7, 11) is 0. The van der Waals surface area contributed by atoms with Gasteiger partial charge in [-0.3, -0.25) is 4.79 Å². The summed E-state index contributed by atoms with van der Waals surface area (Å²) in [6.07, 6.45) is 14.2. The van der Waals surface area contributed by atoms with Crippen LogP contribution in [0.4, 0.5) is 0 Å². The number of aryl methyl sites for hydroxylation is 1. The van der Waals surface area contributed by atoms with E-state index in [0.717, 1.165) is 32.1 Å². The Morgan fingerprint density at radius 2 is 1.97 bits per heavy atom. The Labute approximate surface area is 216 Å². The second kappa shape index (κ2) is 9.32. The number of allylic oxidation sites excluding steroid dienone is 3. The molecule has 36 heavy (non-hydrogen) atoms. The Hall–Kier alpha value is -2.69. The lowest BCUT2D eigenvalue weighted by molar-refractivity contribution is -0.169. The molecule has 192 valence electrons. The van der Waals surface area contributed by atoms with Crippen LogP contribution in [0.5, 0.6) is 0 Å². The molecule has 1 aromatic heterocycles. The zero-order valence-electron chi connectivity index (χ0n) is 22.4. The molecule has 0 N–H and O–H groups in total. The smallest absolute Gasteiger partial charge is 0.312 e. The lowest BCUT2D eigenvalue weighted by Gasteiger charge is -2.58. The van der Waals surface area contributed by atoms with Crippen molar-refractivity contribution in [3.63, 3.8) is 0 Å². The number of carbonyl (C=O) groups is 1. The zero-order valence-corrected chi connectivity index (χ0v) is 22.4. The summed E-state index contributed by atoms with van der Waals surface area (Å²) < 4.78 is 7.75. The van der Waals surface area contributed by atoms with Crippen LogP contribution in [0.25, 0.3) is 0 Å². The molecule has 5 heteroatoms. The summed E-state index contributed by atoms with van der Waals surface area (Å²) in [6, 6.07) is 8.41. The third kappa shape index (κ3) is 4.46. The molecular weight excluding hydrogens is 446 g/mol. The molecule has 3 aliphatic carbocycles. The average Bonchev–Trinajstić information content (AvgIpc) is 3.30. The Kier molecular flexibility index (Phi) is 6.46. The second-order valence-electron chi connectivity index (χ2n) is 12.4. The highest BCUT2D eigenvalue weighted by atomic mass is 16.5. The first-order chi connectivity index (χ1) is 17.1. The summed E-state index contributed by atoms with van der Waals surface area (Å²) in [5.74, 6) is 0.862. The molecule has 0 spiro atoms. The number of aromatic nitrogens is 3. The number of ether oxygens (including phenoxy) is 1. The van der Waals surface area contributed by atoms with Gasteiger partial charge in [0.15, 0.2) is 0 Å². The van der Waals surface area contributed by atoms with Crippen LogP contribution in [0.15, 0.2) is 54.8 Å². The van der Waals surface area contributed by atoms with E-state index in [0.29, 0.717) is 24.1 Å². The largest absolute Gasteiger partial charge is 0.459 e. The predicted octanol–water partition coefficient (Wildman–Crippen LogP) is 6.81. The summed E-state index contributed by atoms with van der Waals surface area (Å²) in [5, 5.41) is 8.50. The van der Waals surface area contributed by atoms with E-state index in [9.17, 15) is 4.79 Å². The Morgan fingerprint density at radius 1 is 1.19 bits per heavy atom. The minimum Gasteiger partial charge on any atom is -0.459 e. The molecule has 3 aliphatic rings. The van der Waals surface area contributed by atoms with Gasteiger partial charge in [-0.05, 0) is 80.6 Å². The van der Waals surface area contributed by atoms with E-state index < -0.39 is 5.41 Å². The van der Waals surface area contributed by atoms with Gasteiger partial charge in [0.1, 0.15) is 12.3 Å². The fourth-order valence-corrected chi connectivity index (χ4v) is 7.53. The van der Waals surface area contributed by atoms with E-state index in [-0.39, 0.29) is 23.4 Å². The lowest BCUT2D eigenvalue weighted by Crippen LogP contribution is -2.53. The van der Waals surface area contributed by atoms with E-state index >= 15 is 0 Å². The van der Waals surface area contributed by atoms with Crippen LogP contribution in [0, 0.1) is 35.0 Å². The van der Waals surface area contributed by atoms with Crippen molar-refractivity contribution in [1.82, 2.24) is 15.0 Å². The SMILES string of the molecule is C=C[C@@]1(C)CC=C2[C@@H](CC[C@@H]3[C@](C)(C(=O)OCc4cn(Cc5ccc(C)cc5)nn4)CCC[C@@]23C)C1. The molecule has 5 nitrogen and oxygen atoms in total. The van der Waals surface area contributed by atoms with Crippen LogP contribution in [0.3, 0.4) is 0 Å². The lowest BCUT2D eigenvalue weighted by atomic mass is 9.46. The predicted molar refractivity (Wildman–Crippen MR) is 142 cm³/mol. The number of carbonyl (C=O) groups excluding carboxylic acids is 1. The Balaban J connectivity index is 1.27. The first kappa shape index (κ1) is 25.0. The third-order valence-corrected chi connectivity index (χ3v) is 9.70. The number of fused-ring (bicyclic) bond motifs is 3. The molecule has 1 heterocycles. The normalized spacial score (nSPS) is 33.7. The standard InChI is InChI=1S/C31H41N3O2/c1-6-29(3)17-14-26-24(18-29)12-13-27-30(26,4)15-7-16-31(27,5)28(35)36-21-25-20-34(33-32-25)19-23-10-8-22(2)9-11-23/h6,8-11,14,20,24,27H,1,7,12-13,15-19,21H2,2-5H3/t24-,27-,29-,30-,31+/m0/s1. The van der Waals surface area contributed by atoms with E-state index in [1.165, 1.54) is 24.0 Å². The van der Waals surface area contributed by atoms with Crippen molar-refractivity contribution in [3.05, 3.63) is 71.6 Å². The van der Waals surface area contributed by atoms with Crippen LogP contribution in [0.2, 0.25) is 0 Å². The monoisotopic (exact) mass is 487 g/mol. The molecule has 0 radical (unpaired) electrons. The van der Waals surface area contributed by atoms with Crippen LogP contribution in [-0.2, 0) is 22.7 Å². The fourth-order valence-electron chi connectivity index (χ4n) is 7.53. The van der Waals surface area contributed by atoms with Gasteiger partial charge in [-0.2, -0.15) is 0 Å². The van der Waals surface area contributed by atoms with Crippen molar-refractivity contribution in [1.29, 1.82) is 0 Å². The van der Waals surface area contributed by atoms with Gasteiger partial charge in [-0.25, -0.2) is 4.68 Å². The van der Waals surface area contributed by atoms with Crippen LogP contribution in [-0.4, -0.2) is 21.0 Å². The molecule has 0 saturated heterocycles. The molecular formula is C31H41N3O2. The highest BCUT2D eigenvalue weighted by molar-refractivity contribution is 5.77. The van der Waals surface area contributed by atoms with Gasteiger partial charge < -0.3 is 4.74 Å². The van der Waals surface area contributed by atoms with Crippen molar-refractivity contribution in [2.75, 3.05) is 0 Å². The zero-order chi connectivity index (χ0) is 25.6. The van der Waals surface area contributed by atoms with Gasteiger partial charge >= 0.3 is 5.97 Å². The first-order valence-corrected chi connectivity index (χ1v) is 13.6. The van der Waals surface area contributed by atoms with E-state index in [4.69, 9.17) is 4.74 Å². The van der Waals surface area contributed by atoms with Gasteiger partial charge in [0.25, 0.3) is 0 Å². The van der Waals surface area contributed by atoms with Crippen molar-refractivity contribution in [3.8, 4) is 0 Å². The van der Waals surface area contributed by atoms with Crippen molar-refractivity contribution >= 4 is 5.97 Å². The highest BCUT2D eigenvalue weighted by Gasteiger charge is 2.58. The van der Waals surface area contributed by atoms with E-state index in [2.05, 4.69) is 81.0 Å². The quantitative estimate of drug-likeness (QED) is 0.332. The maximum Gasteiger partial charge on any atom is 0.312 e. The number of hydrogen-bond acceptors (Lipinski definition) is 4. The summed E-state index contributed by atoms with van der Waals surface area (Å²) >= 11 is 0. The average molecular weight is 488 g/mol. The van der Waals surface area contributed by atoms with Crippen LogP contribution >= 0.6 is 0 Å². The van der Waals surface area contributed by atoms with Gasteiger partial charge in [-0.1, -0.05) is 73.0 Å². The topological polar surface area (TPSA) is 57.0 Å². The van der Waals surface area contributed by atoms with Gasteiger partial charge in [0.2, 0.25) is 0 Å². The first-order valence-electron chi connectivity index (χ1n) is 13.6. The molecule has 0 unspecified atom stereocenters. The number of hydrogen-bond donors (Lipinski definition) is 0. The molecule has 0 amide bonds. The minimum atomic E-state index is -0.462. The van der Waals surface area contributed by atoms with Crippen molar-refractivity contribution in [2.24, 2.45) is 28.1 Å². The summed E-state index contributed by atoms with van der Waals surface area (Å²) in [5.41, 5.74) is 4.52. The maximum absolute atomic E-state index is 13.6. The molecule has 0 bridgehead atoms. The van der Waals surface area contributed by atoms with E-state index in [1.54, 1.807) is 10.3 Å². The molecule has 5 rings (SSSR count). The highest BCUT2D eigenvalue weighted by Crippen LogP contribution is 2.64. The summed E-state index contributed by atoms with van der Waals surface area (Å²) in [6.45, 7) is 13.9.